The molecular weight excluding hydrogens is 382 g/mol. The van der Waals surface area contributed by atoms with E-state index in [2.05, 4.69) is 0 Å². The Labute approximate surface area is 148 Å². The molecule has 26 heavy (non-hydrogen) atoms. The van der Waals surface area contributed by atoms with Crippen LogP contribution in [0.5, 0.6) is 0 Å². The van der Waals surface area contributed by atoms with E-state index < -0.39 is 28.1 Å². The summed E-state index contributed by atoms with van der Waals surface area (Å²) < 4.78 is 72.3. The second-order valence-corrected chi connectivity index (χ2v) is 7.94. The Morgan fingerprint density at radius 1 is 1.00 bits per heavy atom. The van der Waals surface area contributed by atoms with Crippen molar-refractivity contribution in [3.63, 3.8) is 0 Å². The van der Waals surface area contributed by atoms with Crippen LogP contribution in [-0.2, 0) is 10.3 Å². The van der Waals surface area contributed by atoms with Gasteiger partial charge in [0.1, 0.15) is 5.97 Å². The number of rotatable bonds is 1. The zero-order valence-corrected chi connectivity index (χ0v) is 14.3. The molecule has 1 aliphatic carbocycles. The van der Waals surface area contributed by atoms with E-state index >= 15 is 0 Å². The van der Waals surface area contributed by atoms with Gasteiger partial charge in [0.15, 0.2) is 9.58 Å². The predicted molar refractivity (Wildman–Crippen MR) is 84.6 cm³/mol. The van der Waals surface area contributed by atoms with Crippen molar-refractivity contribution >= 4 is 26.5 Å². The molecule has 3 rings (SSSR count). The van der Waals surface area contributed by atoms with Gasteiger partial charge in [0.05, 0.1) is 10.5 Å². The van der Waals surface area contributed by atoms with Gasteiger partial charge in [-0.2, -0.15) is 13.2 Å². The Morgan fingerprint density at radius 2 is 1.54 bits per heavy atom. The van der Waals surface area contributed by atoms with E-state index in [1.54, 1.807) is 18.2 Å². The van der Waals surface area contributed by atoms with Crippen LogP contribution in [0, 0.1) is 0 Å². The number of aliphatic carboxylic acids is 1. The number of carbonyl (C=O) groups excluding carboxylic acids is 1. The second-order valence-electron chi connectivity index (χ2n) is 5.96. The molecule has 0 amide bonds. The van der Waals surface area contributed by atoms with Crippen molar-refractivity contribution in [1.29, 1.82) is 0 Å². The topological polar surface area (TPSA) is 40.1 Å². The lowest BCUT2D eigenvalue weighted by Gasteiger charge is -2.18. The molecule has 1 atom stereocenters. The summed E-state index contributed by atoms with van der Waals surface area (Å²) in [6, 6.07) is 8.77. The number of thiophene rings is 1. The molecule has 0 spiro atoms. The first-order valence-electron chi connectivity index (χ1n) is 7.91. The third-order valence-electron chi connectivity index (χ3n) is 4.14. The third kappa shape index (κ3) is 4.90. The van der Waals surface area contributed by atoms with Crippen LogP contribution in [0.1, 0.15) is 42.9 Å². The standard InChI is InChI=1S/C15H16F3S.C2HF3O2/c16-15(17,18)19-13-9-5-4-8-12(13)10-14(19)11-6-2-1-3-7-11;3-2(4,5)1(6)7/h4-5,8-11H,1-3,6-7H2;(H,6,7)/q+1;/p-1. The predicted octanol–water partition coefficient (Wildman–Crippen LogP) is 5.41. The maximum atomic E-state index is 13.4. The van der Waals surface area contributed by atoms with Crippen LogP contribution in [0.4, 0.5) is 26.3 Å². The summed E-state index contributed by atoms with van der Waals surface area (Å²) in [5.74, 6) is -2.88. The lowest BCUT2D eigenvalue weighted by Crippen LogP contribution is -2.37. The van der Waals surface area contributed by atoms with Gasteiger partial charge in [-0.3, -0.25) is 0 Å². The van der Waals surface area contributed by atoms with Crippen molar-refractivity contribution in [3.05, 3.63) is 35.2 Å². The molecule has 1 aromatic carbocycles. The number of hydrogen-bond acceptors (Lipinski definition) is 2. The molecule has 0 bridgehead atoms. The highest BCUT2D eigenvalue weighted by molar-refractivity contribution is 7.38. The van der Waals surface area contributed by atoms with E-state index in [-0.39, 0.29) is 5.92 Å². The number of carboxylic acid groups (broad SMARTS) is 1. The van der Waals surface area contributed by atoms with Crippen LogP contribution in [0.3, 0.4) is 0 Å². The summed E-state index contributed by atoms with van der Waals surface area (Å²) in [6.45, 7) is 0. The average molecular weight is 398 g/mol. The van der Waals surface area contributed by atoms with Crippen molar-refractivity contribution in [3.8, 4) is 0 Å². The van der Waals surface area contributed by atoms with Gasteiger partial charge in [0.25, 0.3) is 0 Å². The van der Waals surface area contributed by atoms with Crippen LogP contribution < -0.4 is 5.11 Å². The number of carbonyl (C=O) groups is 1. The highest BCUT2D eigenvalue weighted by Crippen LogP contribution is 2.54. The number of carboxylic acids is 1. The third-order valence-corrected chi connectivity index (χ3v) is 6.34. The number of fused-ring (bicyclic) bond motifs is 1. The monoisotopic (exact) mass is 398 g/mol. The van der Waals surface area contributed by atoms with Gasteiger partial charge in [-0.05, 0) is 25.0 Å². The SMILES string of the molecule is FC(F)(F)[s+]1c(C2CCCCC2)cc2ccccc21.O=C([O-])C(F)(F)F. The molecule has 1 fully saturated rings. The quantitative estimate of drug-likeness (QED) is 0.476. The summed E-state index contributed by atoms with van der Waals surface area (Å²) in [5, 5.41) is 9.55. The zero-order valence-electron chi connectivity index (χ0n) is 13.5. The summed E-state index contributed by atoms with van der Waals surface area (Å²) in [6.07, 6.45) is -0.0733. The van der Waals surface area contributed by atoms with E-state index in [0.717, 1.165) is 37.5 Å². The summed E-state index contributed by atoms with van der Waals surface area (Å²) in [5.41, 5.74) is -4.14. The van der Waals surface area contributed by atoms with Gasteiger partial charge in [-0.25, -0.2) is 0 Å². The molecule has 9 heteroatoms. The minimum absolute atomic E-state index is 0.131. The molecule has 0 radical (unpaired) electrons. The molecule has 1 heterocycles. The first-order valence-corrected chi connectivity index (χ1v) is 9.14. The average Bonchev–Trinajstić information content (AvgIpc) is 2.95. The fourth-order valence-corrected chi connectivity index (χ4v) is 5.22. The van der Waals surface area contributed by atoms with Gasteiger partial charge < -0.3 is 9.90 Å². The molecule has 2 aromatic rings. The van der Waals surface area contributed by atoms with Crippen molar-refractivity contribution in [1.82, 2.24) is 0 Å². The van der Waals surface area contributed by atoms with Crippen LogP contribution >= 0.6 is 10.5 Å². The molecule has 0 N–H and O–H groups in total. The van der Waals surface area contributed by atoms with Gasteiger partial charge in [0, 0.05) is 17.4 Å². The first-order chi connectivity index (χ1) is 12.0. The molecule has 1 aromatic heterocycles. The minimum Gasteiger partial charge on any atom is -0.542 e. The van der Waals surface area contributed by atoms with Crippen molar-refractivity contribution in [2.75, 3.05) is 0 Å². The molecule has 1 aliphatic rings. The maximum absolute atomic E-state index is 13.4. The molecule has 1 unspecified atom stereocenters. The highest BCUT2D eigenvalue weighted by Gasteiger charge is 2.49. The molecule has 0 saturated heterocycles. The summed E-state index contributed by atoms with van der Waals surface area (Å²) in [4.78, 5) is 9.42. The molecule has 0 aliphatic heterocycles. The Morgan fingerprint density at radius 3 is 2.04 bits per heavy atom. The van der Waals surface area contributed by atoms with Gasteiger partial charge in [0.2, 0.25) is 0 Å². The van der Waals surface area contributed by atoms with Crippen LogP contribution in [0.25, 0.3) is 10.1 Å². The number of benzene rings is 1. The fraction of sp³-hybridized carbons (Fsp3) is 0.471. The molecule has 2 nitrogen and oxygen atoms in total. The van der Waals surface area contributed by atoms with E-state index in [9.17, 15) is 26.3 Å². The molecular formula is C17H16F6O2S. The zero-order chi connectivity index (χ0) is 19.5. The van der Waals surface area contributed by atoms with Gasteiger partial charge in [-0.1, -0.05) is 31.4 Å². The normalized spacial score (nSPS) is 16.9. The minimum atomic E-state index is -5.19. The Kier molecular flexibility index (Phi) is 6.21. The molecule has 1 saturated carbocycles. The number of alkyl halides is 6. The van der Waals surface area contributed by atoms with Gasteiger partial charge in [-0.15, -0.1) is 13.2 Å². The van der Waals surface area contributed by atoms with E-state index in [0.29, 0.717) is 9.58 Å². The Bertz CT molecular complexity index is 757. The largest absolute Gasteiger partial charge is 0.600 e. The van der Waals surface area contributed by atoms with Crippen molar-refractivity contribution in [2.24, 2.45) is 0 Å². The maximum Gasteiger partial charge on any atom is 0.600 e. The van der Waals surface area contributed by atoms with Crippen molar-refractivity contribution in [2.45, 2.75) is 49.7 Å². The summed E-state index contributed by atoms with van der Waals surface area (Å²) in [7, 11) is -1.69. The smallest absolute Gasteiger partial charge is 0.542 e. The first kappa shape index (κ1) is 20.5. The lowest BCUT2D eigenvalue weighted by molar-refractivity contribution is -0.344. The van der Waals surface area contributed by atoms with E-state index in [1.165, 1.54) is 0 Å². The van der Waals surface area contributed by atoms with Crippen molar-refractivity contribution < 1.29 is 36.2 Å². The fourth-order valence-electron chi connectivity index (χ4n) is 3.05. The van der Waals surface area contributed by atoms with Gasteiger partial charge >= 0.3 is 11.7 Å². The van der Waals surface area contributed by atoms with Crippen LogP contribution in [0.2, 0.25) is 0 Å². The number of halogens is 6. The number of hydrogen-bond donors (Lipinski definition) is 0. The Hall–Kier alpha value is -1.77. The van der Waals surface area contributed by atoms with Crippen LogP contribution in [-0.4, -0.2) is 12.1 Å². The van der Waals surface area contributed by atoms with E-state index in [1.807, 2.05) is 12.1 Å². The summed E-state index contributed by atoms with van der Waals surface area (Å²) >= 11 is 0. The van der Waals surface area contributed by atoms with Crippen LogP contribution in [0.15, 0.2) is 30.3 Å². The highest BCUT2D eigenvalue weighted by atomic mass is 32.2. The second kappa shape index (κ2) is 7.85. The Balaban J connectivity index is 0.000000298. The lowest BCUT2D eigenvalue weighted by atomic mass is 9.88. The van der Waals surface area contributed by atoms with E-state index in [4.69, 9.17) is 9.90 Å². The molecule has 144 valence electrons.